The normalized spacial score (nSPS) is 11.0. The van der Waals surface area contributed by atoms with Crippen LogP contribution >= 0.6 is 11.8 Å². The second-order valence-electron chi connectivity index (χ2n) is 5.22. The summed E-state index contributed by atoms with van der Waals surface area (Å²) in [4.78, 5) is 15.0. The Morgan fingerprint density at radius 2 is 1.95 bits per heavy atom. The fraction of sp³-hybridized carbons (Fsp3) is 0.294. The number of imidazole rings is 2. The Morgan fingerprint density at radius 3 is 2.68 bits per heavy atom. The van der Waals surface area contributed by atoms with Crippen molar-refractivity contribution >= 4 is 11.8 Å². The van der Waals surface area contributed by atoms with Crippen molar-refractivity contribution in [3.8, 4) is 11.3 Å². The zero-order chi connectivity index (χ0) is 15.2. The summed E-state index contributed by atoms with van der Waals surface area (Å²) in [7, 11) is 0. The van der Waals surface area contributed by atoms with Gasteiger partial charge in [-0.25, -0.2) is 9.97 Å². The van der Waals surface area contributed by atoms with E-state index in [0.717, 1.165) is 35.1 Å². The molecular weight excluding hydrogens is 292 g/mol. The number of hydrogen-bond donors (Lipinski definition) is 2. The van der Waals surface area contributed by atoms with E-state index in [9.17, 15) is 0 Å². The first-order chi connectivity index (χ1) is 10.8. The van der Waals surface area contributed by atoms with Crippen molar-refractivity contribution in [1.29, 1.82) is 0 Å². The van der Waals surface area contributed by atoms with E-state index >= 15 is 0 Å². The molecule has 114 valence electrons. The predicted octanol–water partition coefficient (Wildman–Crippen LogP) is 4.09. The molecule has 0 unspecified atom stereocenters. The topological polar surface area (TPSA) is 57.4 Å². The highest BCUT2D eigenvalue weighted by atomic mass is 32.2. The third-order valence-electron chi connectivity index (χ3n) is 3.52. The van der Waals surface area contributed by atoms with E-state index < -0.39 is 0 Å². The van der Waals surface area contributed by atoms with Crippen LogP contribution in [0, 0.1) is 0 Å². The van der Waals surface area contributed by atoms with Gasteiger partial charge in [0.15, 0.2) is 5.16 Å². The first kappa shape index (κ1) is 14.9. The molecular formula is C17H20N4S. The molecule has 0 bridgehead atoms. The second-order valence-corrected chi connectivity index (χ2v) is 6.31. The van der Waals surface area contributed by atoms with Gasteiger partial charge in [-0.3, -0.25) is 0 Å². The minimum Gasteiger partial charge on any atom is -0.348 e. The van der Waals surface area contributed by atoms with E-state index in [1.807, 2.05) is 12.4 Å². The van der Waals surface area contributed by atoms with Gasteiger partial charge in [0.25, 0.3) is 0 Å². The summed E-state index contributed by atoms with van der Waals surface area (Å²) < 4.78 is 0. The molecule has 5 heteroatoms. The summed E-state index contributed by atoms with van der Waals surface area (Å²) in [5.41, 5.74) is 4.81. The van der Waals surface area contributed by atoms with Crippen molar-refractivity contribution in [3.63, 3.8) is 0 Å². The quantitative estimate of drug-likeness (QED) is 0.646. The van der Waals surface area contributed by atoms with Crippen LogP contribution in [0.25, 0.3) is 11.3 Å². The summed E-state index contributed by atoms with van der Waals surface area (Å²) >= 11 is 1.73. The Balaban J connectivity index is 1.58. The number of nitrogens with one attached hydrogen (secondary N) is 2. The number of aromatic nitrogens is 4. The molecule has 22 heavy (non-hydrogen) atoms. The third-order valence-corrected chi connectivity index (χ3v) is 4.41. The highest BCUT2D eigenvalue weighted by molar-refractivity contribution is 7.99. The number of hydrogen-bond acceptors (Lipinski definition) is 3. The first-order valence-electron chi connectivity index (χ1n) is 7.59. The molecule has 0 aliphatic rings. The van der Waals surface area contributed by atoms with Gasteiger partial charge in [-0.2, -0.15) is 0 Å². The van der Waals surface area contributed by atoms with E-state index in [0.29, 0.717) is 0 Å². The van der Waals surface area contributed by atoms with Crippen molar-refractivity contribution < 1.29 is 0 Å². The molecule has 2 heterocycles. The predicted molar refractivity (Wildman–Crippen MR) is 91.0 cm³/mol. The molecule has 0 amide bonds. The number of nitrogens with zero attached hydrogens (tertiary/aromatic N) is 2. The Bertz CT molecular complexity index is 686. The second kappa shape index (κ2) is 7.31. The Labute approximate surface area is 134 Å². The average molecular weight is 312 g/mol. The minimum absolute atomic E-state index is 0.965. The maximum atomic E-state index is 4.45. The van der Waals surface area contributed by atoms with Gasteiger partial charge in [0, 0.05) is 17.6 Å². The number of H-pyrrole nitrogens is 2. The van der Waals surface area contributed by atoms with Gasteiger partial charge in [-0.15, -0.1) is 0 Å². The van der Waals surface area contributed by atoms with Crippen LogP contribution in [0.2, 0.25) is 0 Å². The number of aromatic amines is 2. The monoisotopic (exact) mass is 312 g/mol. The molecule has 2 N–H and O–H groups in total. The van der Waals surface area contributed by atoms with Crippen molar-refractivity contribution in [1.82, 2.24) is 19.9 Å². The molecule has 0 spiro atoms. The van der Waals surface area contributed by atoms with Crippen LogP contribution in [0.3, 0.4) is 0 Å². The van der Waals surface area contributed by atoms with E-state index in [1.54, 1.807) is 18.1 Å². The summed E-state index contributed by atoms with van der Waals surface area (Å²) in [6, 6.07) is 8.73. The largest absolute Gasteiger partial charge is 0.348 e. The fourth-order valence-corrected chi connectivity index (χ4v) is 3.17. The molecule has 2 aromatic heterocycles. The molecule has 0 aliphatic heterocycles. The SMILES string of the molecule is CCCc1ccc(-c2cnc(SCCc3cnc[nH]3)[nH]2)cc1. The molecule has 1 aromatic carbocycles. The molecule has 0 saturated carbocycles. The van der Waals surface area contributed by atoms with Gasteiger partial charge in [0.1, 0.15) is 0 Å². The van der Waals surface area contributed by atoms with E-state index in [-0.39, 0.29) is 0 Å². The summed E-state index contributed by atoms with van der Waals surface area (Å²) in [6.07, 6.45) is 8.78. The maximum absolute atomic E-state index is 4.45. The number of rotatable bonds is 7. The molecule has 0 atom stereocenters. The van der Waals surface area contributed by atoms with Gasteiger partial charge < -0.3 is 9.97 Å². The summed E-state index contributed by atoms with van der Waals surface area (Å²) in [5.74, 6) is 0.977. The molecule has 3 aromatic rings. The van der Waals surface area contributed by atoms with Crippen LogP contribution in [-0.2, 0) is 12.8 Å². The van der Waals surface area contributed by atoms with Gasteiger partial charge in [0.2, 0.25) is 0 Å². The number of aryl methyl sites for hydroxylation is 2. The van der Waals surface area contributed by atoms with Crippen LogP contribution in [0.15, 0.2) is 48.1 Å². The molecule has 0 radical (unpaired) electrons. The lowest BCUT2D eigenvalue weighted by Crippen LogP contribution is -1.89. The molecule has 0 saturated heterocycles. The van der Waals surface area contributed by atoms with Gasteiger partial charge in [-0.1, -0.05) is 49.4 Å². The molecule has 0 aliphatic carbocycles. The Kier molecular flexibility index (Phi) is 4.96. The lowest BCUT2D eigenvalue weighted by molar-refractivity contribution is 0.922. The van der Waals surface area contributed by atoms with Crippen LogP contribution in [0.4, 0.5) is 0 Å². The van der Waals surface area contributed by atoms with E-state index in [1.165, 1.54) is 17.5 Å². The zero-order valence-corrected chi connectivity index (χ0v) is 13.5. The van der Waals surface area contributed by atoms with Crippen molar-refractivity contribution in [2.24, 2.45) is 0 Å². The third kappa shape index (κ3) is 3.80. The average Bonchev–Trinajstić information content (AvgIpc) is 3.20. The van der Waals surface area contributed by atoms with E-state index in [2.05, 4.69) is 51.1 Å². The van der Waals surface area contributed by atoms with Crippen molar-refractivity contribution in [3.05, 3.63) is 54.2 Å². The summed E-state index contributed by atoms with van der Waals surface area (Å²) in [6.45, 7) is 2.20. The molecule has 0 fully saturated rings. The summed E-state index contributed by atoms with van der Waals surface area (Å²) in [5, 5.41) is 0.965. The number of benzene rings is 1. The lowest BCUT2D eigenvalue weighted by atomic mass is 10.1. The van der Waals surface area contributed by atoms with Crippen LogP contribution in [0.5, 0.6) is 0 Å². The van der Waals surface area contributed by atoms with Crippen LogP contribution in [-0.4, -0.2) is 25.7 Å². The Hall–Kier alpha value is -2.01. The standard InChI is InChI=1S/C17H20N4S/c1-2-3-13-4-6-14(7-5-13)16-11-19-17(21-16)22-9-8-15-10-18-12-20-15/h4-7,10-12H,2-3,8-9H2,1H3,(H,18,20)(H,19,21). The molecule has 3 rings (SSSR count). The maximum Gasteiger partial charge on any atom is 0.165 e. The highest BCUT2D eigenvalue weighted by Gasteiger charge is 2.04. The molecule has 4 nitrogen and oxygen atoms in total. The Morgan fingerprint density at radius 1 is 1.09 bits per heavy atom. The van der Waals surface area contributed by atoms with Crippen LogP contribution < -0.4 is 0 Å². The van der Waals surface area contributed by atoms with E-state index in [4.69, 9.17) is 0 Å². The zero-order valence-electron chi connectivity index (χ0n) is 12.7. The van der Waals surface area contributed by atoms with Gasteiger partial charge in [-0.05, 0) is 24.0 Å². The van der Waals surface area contributed by atoms with Crippen molar-refractivity contribution in [2.45, 2.75) is 31.3 Å². The van der Waals surface area contributed by atoms with Crippen LogP contribution in [0.1, 0.15) is 24.6 Å². The first-order valence-corrected chi connectivity index (χ1v) is 8.58. The van der Waals surface area contributed by atoms with Crippen molar-refractivity contribution in [2.75, 3.05) is 5.75 Å². The fourth-order valence-electron chi connectivity index (χ4n) is 2.34. The minimum atomic E-state index is 0.965. The smallest absolute Gasteiger partial charge is 0.165 e. The highest BCUT2D eigenvalue weighted by Crippen LogP contribution is 2.22. The number of thioether (sulfide) groups is 1. The van der Waals surface area contributed by atoms with Gasteiger partial charge >= 0.3 is 0 Å². The lowest BCUT2D eigenvalue weighted by Gasteiger charge is -2.01. The van der Waals surface area contributed by atoms with Gasteiger partial charge in [0.05, 0.1) is 18.2 Å².